The second kappa shape index (κ2) is 9.64. The first kappa shape index (κ1) is 23.7. The van der Waals surface area contributed by atoms with Crippen LogP contribution in [0.3, 0.4) is 0 Å². The lowest BCUT2D eigenvalue weighted by molar-refractivity contribution is -0.136. The Morgan fingerprint density at radius 3 is 2.51 bits per heavy atom. The molecule has 1 unspecified atom stereocenters. The Kier molecular flexibility index (Phi) is 6.17. The normalized spacial score (nSPS) is 26.3. The van der Waals surface area contributed by atoms with Crippen molar-refractivity contribution in [3.63, 3.8) is 0 Å². The van der Waals surface area contributed by atoms with Crippen molar-refractivity contribution in [3.05, 3.63) is 64.7 Å². The Morgan fingerprint density at radius 2 is 1.76 bits per heavy atom. The summed E-state index contributed by atoms with van der Waals surface area (Å²) in [5.74, 6) is 0.402. The molecule has 8 nitrogen and oxygen atoms in total. The third kappa shape index (κ3) is 4.49. The maximum atomic E-state index is 13.0. The predicted molar refractivity (Wildman–Crippen MR) is 135 cm³/mol. The molecule has 2 aromatic rings. The quantitative estimate of drug-likeness (QED) is 0.636. The largest absolute Gasteiger partial charge is 0.489 e. The number of imide groups is 1. The van der Waals surface area contributed by atoms with Gasteiger partial charge in [-0.05, 0) is 67.1 Å². The van der Waals surface area contributed by atoms with Crippen LogP contribution in [0.5, 0.6) is 5.75 Å². The number of piperidine rings is 1. The number of hydrogen-bond acceptors (Lipinski definition) is 6. The molecule has 3 heterocycles. The van der Waals surface area contributed by atoms with Crippen molar-refractivity contribution in [2.45, 2.75) is 69.2 Å². The average molecular weight is 499 g/mol. The van der Waals surface area contributed by atoms with E-state index in [9.17, 15) is 14.4 Å². The van der Waals surface area contributed by atoms with E-state index in [1.165, 1.54) is 12.0 Å². The van der Waals surface area contributed by atoms with Gasteiger partial charge in [0.15, 0.2) is 0 Å². The summed E-state index contributed by atoms with van der Waals surface area (Å²) in [6.07, 6.45) is 5.14. The Bertz CT molecular complexity index is 1280. The number of fused-ring (bicyclic) bond motifs is 1. The third-order valence-electron chi connectivity index (χ3n) is 8.34. The number of nitrogens with one attached hydrogen (secondary N) is 1. The molecule has 0 spiro atoms. The topological polar surface area (TPSA) is 103 Å². The molecule has 2 saturated heterocycles. The molecule has 3 amide bonds. The van der Waals surface area contributed by atoms with Gasteiger partial charge in [-0.2, -0.15) is 5.26 Å². The van der Waals surface area contributed by atoms with Crippen molar-refractivity contribution in [2.75, 3.05) is 13.1 Å². The van der Waals surface area contributed by atoms with Crippen LogP contribution in [0.1, 0.15) is 71.5 Å². The van der Waals surface area contributed by atoms with Crippen LogP contribution in [0.25, 0.3) is 0 Å². The van der Waals surface area contributed by atoms with Gasteiger partial charge in [0.05, 0.1) is 11.6 Å². The molecule has 6 rings (SSSR count). The van der Waals surface area contributed by atoms with E-state index in [2.05, 4.69) is 28.4 Å². The first-order valence-electron chi connectivity index (χ1n) is 13.2. The minimum Gasteiger partial charge on any atom is -0.489 e. The number of nitrogens with zero attached hydrogens (tertiary/aromatic N) is 3. The van der Waals surface area contributed by atoms with Crippen molar-refractivity contribution in [1.29, 1.82) is 5.26 Å². The smallest absolute Gasteiger partial charge is 0.255 e. The number of likely N-dealkylation sites (tertiary alicyclic amines) is 1. The molecular formula is C29H30N4O4. The molecule has 0 radical (unpaired) electrons. The van der Waals surface area contributed by atoms with E-state index in [4.69, 9.17) is 10.00 Å². The Balaban J connectivity index is 1.11. The molecule has 3 atom stereocenters. The average Bonchev–Trinajstić information content (AvgIpc) is 3.20. The van der Waals surface area contributed by atoms with Crippen molar-refractivity contribution >= 4 is 17.7 Å². The lowest BCUT2D eigenvalue weighted by atomic mass is 9.84. The van der Waals surface area contributed by atoms with E-state index in [0.717, 1.165) is 43.7 Å². The first-order valence-corrected chi connectivity index (χ1v) is 13.2. The van der Waals surface area contributed by atoms with Crippen LogP contribution in [0.15, 0.2) is 42.5 Å². The van der Waals surface area contributed by atoms with Crippen LogP contribution in [0, 0.1) is 11.3 Å². The van der Waals surface area contributed by atoms with Crippen LogP contribution in [-0.4, -0.2) is 58.8 Å². The molecule has 3 aliphatic heterocycles. The number of carbonyl (C=O) groups is 3. The Hall–Kier alpha value is -3.70. The summed E-state index contributed by atoms with van der Waals surface area (Å²) < 4.78 is 6.54. The van der Waals surface area contributed by atoms with Crippen molar-refractivity contribution in [1.82, 2.24) is 15.1 Å². The van der Waals surface area contributed by atoms with E-state index in [0.29, 0.717) is 36.1 Å². The summed E-state index contributed by atoms with van der Waals surface area (Å²) in [6.45, 7) is 2.34. The minimum atomic E-state index is -0.611. The van der Waals surface area contributed by atoms with Gasteiger partial charge in [0.25, 0.3) is 5.91 Å². The molecule has 2 aromatic carbocycles. The molecule has 0 bridgehead atoms. The summed E-state index contributed by atoms with van der Waals surface area (Å²) in [4.78, 5) is 40.9. The summed E-state index contributed by atoms with van der Waals surface area (Å²) in [5, 5.41) is 11.4. The molecule has 190 valence electrons. The van der Waals surface area contributed by atoms with E-state index >= 15 is 0 Å². The zero-order chi connectivity index (χ0) is 25.5. The molecule has 8 heteroatoms. The molecule has 4 aliphatic rings. The van der Waals surface area contributed by atoms with Gasteiger partial charge in [0, 0.05) is 43.6 Å². The van der Waals surface area contributed by atoms with Gasteiger partial charge in [-0.1, -0.05) is 18.6 Å². The SMILES string of the molecule is N#Cc1ccc(C2CN([C@@H]3CCCC[C@@H]3Oc3ccc4c(c3)CN(C3CCC(=O)NC3=O)C4=O)C2)cc1. The number of rotatable bonds is 5. The summed E-state index contributed by atoms with van der Waals surface area (Å²) in [7, 11) is 0. The van der Waals surface area contributed by atoms with Gasteiger partial charge in [0.2, 0.25) is 11.8 Å². The van der Waals surface area contributed by atoms with E-state index in [-0.39, 0.29) is 24.3 Å². The van der Waals surface area contributed by atoms with Gasteiger partial charge in [-0.25, -0.2) is 0 Å². The molecule has 0 aromatic heterocycles. The van der Waals surface area contributed by atoms with Crippen molar-refractivity contribution in [2.24, 2.45) is 0 Å². The number of carbonyl (C=O) groups excluding carboxylic acids is 3. The van der Waals surface area contributed by atoms with Crippen molar-refractivity contribution in [3.8, 4) is 11.8 Å². The molecule has 1 aliphatic carbocycles. The van der Waals surface area contributed by atoms with Gasteiger partial charge in [-0.3, -0.25) is 24.6 Å². The summed E-state index contributed by atoms with van der Waals surface area (Å²) in [6, 6.07) is 15.5. The fraction of sp³-hybridized carbons (Fsp3) is 0.448. The second-order valence-electron chi connectivity index (χ2n) is 10.6. The Labute approximate surface area is 216 Å². The van der Waals surface area contributed by atoms with E-state index in [1.807, 2.05) is 24.3 Å². The fourth-order valence-corrected chi connectivity index (χ4v) is 6.26. The zero-order valence-electron chi connectivity index (χ0n) is 20.7. The molecule has 1 N–H and O–H groups in total. The van der Waals surface area contributed by atoms with E-state index in [1.54, 1.807) is 11.0 Å². The monoisotopic (exact) mass is 498 g/mol. The van der Waals surface area contributed by atoms with Crippen LogP contribution in [-0.2, 0) is 16.1 Å². The summed E-state index contributed by atoms with van der Waals surface area (Å²) in [5.41, 5.74) is 3.44. The predicted octanol–water partition coefficient (Wildman–Crippen LogP) is 3.11. The lowest BCUT2D eigenvalue weighted by Crippen LogP contribution is -2.57. The molecule has 37 heavy (non-hydrogen) atoms. The Morgan fingerprint density at radius 1 is 0.973 bits per heavy atom. The maximum Gasteiger partial charge on any atom is 0.255 e. The minimum absolute atomic E-state index is 0.0945. The number of nitriles is 1. The zero-order valence-corrected chi connectivity index (χ0v) is 20.7. The van der Waals surface area contributed by atoms with E-state index < -0.39 is 11.9 Å². The van der Waals surface area contributed by atoms with Crippen molar-refractivity contribution < 1.29 is 19.1 Å². The second-order valence-corrected chi connectivity index (χ2v) is 10.6. The highest BCUT2D eigenvalue weighted by Crippen LogP contribution is 2.36. The van der Waals surface area contributed by atoms with Gasteiger partial charge >= 0.3 is 0 Å². The standard InChI is InChI=1S/C29H30N4O4/c30-14-18-5-7-19(8-6-18)21-15-32(16-21)24-3-1-2-4-26(24)37-22-9-10-23-20(13-22)17-33(29(23)36)25-11-12-27(34)31-28(25)35/h5-10,13,21,24-26H,1-4,11-12,15-17H2,(H,31,34,35)/t24-,25?,26+/m1/s1. The molecule has 1 saturated carbocycles. The number of benzene rings is 2. The number of ether oxygens (including phenoxy) is 1. The van der Waals surface area contributed by atoms with Gasteiger partial charge in [0.1, 0.15) is 17.9 Å². The van der Waals surface area contributed by atoms with Crippen LogP contribution < -0.4 is 10.1 Å². The van der Waals surface area contributed by atoms with Crippen LogP contribution >= 0.6 is 0 Å². The fourth-order valence-electron chi connectivity index (χ4n) is 6.26. The van der Waals surface area contributed by atoms with Gasteiger partial charge in [-0.15, -0.1) is 0 Å². The van der Waals surface area contributed by atoms with Gasteiger partial charge < -0.3 is 9.64 Å². The highest BCUT2D eigenvalue weighted by Gasteiger charge is 2.41. The molecule has 3 fully saturated rings. The highest BCUT2D eigenvalue weighted by molar-refractivity contribution is 6.05. The third-order valence-corrected chi connectivity index (χ3v) is 8.34. The number of amides is 3. The lowest BCUT2D eigenvalue weighted by Gasteiger charge is -2.48. The highest BCUT2D eigenvalue weighted by atomic mass is 16.5. The van der Waals surface area contributed by atoms with Crippen LogP contribution in [0.4, 0.5) is 0 Å². The number of hydrogen-bond donors (Lipinski definition) is 1. The maximum absolute atomic E-state index is 13.0. The first-order chi connectivity index (χ1) is 18.0. The molecular weight excluding hydrogens is 468 g/mol. The van der Waals surface area contributed by atoms with Crippen LogP contribution in [0.2, 0.25) is 0 Å². The summed E-state index contributed by atoms with van der Waals surface area (Å²) >= 11 is 0.